The number of hydrogen-bond acceptors (Lipinski definition) is 5. The first kappa shape index (κ1) is 17.9. The number of nitrogens with zero attached hydrogens (tertiary/aromatic N) is 1. The van der Waals surface area contributed by atoms with E-state index in [2.05, 4.69) is 4.98 Å². The van der Waals surface area contributed by atoms with Gasteiger partial charge in [-0.3, -0.25) is 0 Å². The van der Waals surface area contributed by atoms with Crippen LogP contribution in [0.1, 0.15) is 27.9 Å². The van der Waals surface area contributed by atoms with Crippen LogP contribution in [0.3, 0.4) is 0 Å². The van der Waals surface area contributed by atoms with Gasteiger partial charge in [0.05, 0.1) is 18.4 Å². The molecule has 0 saturated heterocycles. The molecule has 0 aliphatic carbocycles. The van der Waals surface area contributed by atoms with Gasteiger partial charge in [-0.25, -0.2) is 9.78 Å². The molecule has 0 atom stereocenters. The molecule has 134 valence electrons. The molecule has 1 heterocycles. The van der Waals surface area contributed by atoms with Crippen LogP contribution < -0.4 is 9.47 Å². The highest BCUT2D eigenvalue weighted by atomic mass is 32.1. The van der Waals surface area contributed by atoms with Crippen molar-refractivity contribution >= 4 is 17.3 Å². The van der Waals surface area contributed by atoms with Gasteiger partial charge >= 0.3 is 5.97 Å². The highest BCUT2D eigenvalue weighted by Crippen LogP contribution is 2.37. The van der Waals surface area contributed by atoms with E-state index in [0.29, 0.717) is 35.2 Å². The largest absolute Gasteiger partial charge is 0.497 e. The molecule has 1 N–H and O–H groups in total. The van der Waals surface area contributed by atoms with Crippen molar-refractivity contribution in [3.63, 3.8) is 0 Å². The number of aromatic nitrogens is 1. The SMILES string of the molecule is CCc1nc(-c2ccc(OC)cc2OCc2ccccc2)sc1C(=O)O. The van der Waals surface area contributed by atoms with Crippen molar-refractivity contribution in [1.29, 1.82) is 0 Å². The van der Waals surface area contributed by atoms with E-state index in [0.717, 1.165) is 22.5 Å². The molecule has 0 bridgehead atoms. The van der Waals surface area contributed by atoms with E-state index in [-0.39, 0.29) is 4.88 Å². The molecule has 5 nitrogen and oxygen atoms in total. The Bertz CT molecular complexity index is 905. The van der Waals surface area contributed by atoms with E-state index >= 15 is 0 Å². The van der Waals surface area contributed by atoms with E-state index in [4.69, 9.17) is 9.47 Å². The molecular formula is C20H19NO4S. The minimum Gasteiger partial charge on any atom is -0.497 e. The van der Waals surface area contributed by atoms with Gasteiger partial charge in [0.25, 0.3) is 0 Å². The fraction of sp³-hybridized carbons (Fsp3) is 0.200. The van der Waals surface area contributed by atoms with Crippen LogP contribution in [0.25, 0.3) is 10.6 Å². The lowest BCUT2D eigenvalue weighted by Crippen LogP contribution is -1.98. The monoisotopic (exact) mass is 369 g/mol. The Labute approximate surface area is 155 Å². The number of rotatable bonds is 7. The molecule has 0 saturated carbocycles. The Kier molecular flexibility index (Phi) is 5.53. The van der Waals surface area contributed by atoms with Crippen LogP contribution in [0.5, 0.6) is 11.5 Å². The minimum absolute atomic E-state index is 0.271. The van der Waals surface area contributed by atoms with Crippen LogP contribution in [0, 0.1) is 0 Å². The van der Waals surface area contributed by atoms with Gasteiger partial charge in [-0.15, -0.1) is 11.3 Å². The Morgan fingerprint density at radius 3 is 2.58 bits per heavy atom. The zero-order chi connectivity index (χ0) is 18.5. The summed E-state index contributed by atoms with van der Waals surface area (Å²) in [5.41, 5.74) is 2.39. The third kappa shape index (κ3) is 3.86. The summed E-state index contributed by atoms with van der Waals surface area (Å²) in [4.78, 5) is 16.2. The number of carboxylic acid groups (broad SMARTS) is 1. The van der Waals surface area contributed by atoms with Crippen molar-refractivity contribution in [2.45, 2.75) is 20.0 Å². The van der Waals surface area contributed by atoms with Gasteiger partial charge in [0.1, 0.15) is 28.0 Å². The first-order valence-corrected chi connectivity index (χ1v) is 9.02. The van der Waals surface area contributed by atoms with Crippen molar-refractivity contribution < 1.29 is 19.4 Å². The second-order valence-electron chi connectivity index (χ2n) is 5.59. The van der Waals surface area contributed by atoms with Crippen molar-refractivity contribution in [2.75, 3.05) is 7.11 Å². The van der Waals surface area contributed by atoms with Gasteiger partial charge < -0.3 is 14.6 Å². The average molecular weight is 369 g/mol. The van der Waals surface area contributed by atoms with Gasteiger partial charge in [-0.1, -0.05) is 37.3 Å². The van der Waals surface area contributed by atoms with Crippen molar-refractivity contribution in [3.8, 4) is 22.1 Å². The van der Waals surface area contributed by atoms with Crippen LogP contribution in [0.15, 0.2) is 48.5 Å². The average Bonchev–Trinajstić information content (AvgIpc) is 3.11. The van der Waals surface area contributed by atoms with E-state index < -0.39 is 5.97 Å². The lowest BCUT2D eigenvalue weighted by atomic mass is 10.2. The zero-order valence-corrected chi connectivity index (χ0v) is 15.4. The van der Waals surface area contributed by atoms with Crippen molar-refractivity contribution in [3.05, 3.63) is 64.7 Å². The molecule has 0 aliphatic heterocycles. The maximum Gasteiger partial charge on any atom is 0.347 e. The first-order valence-electron chi connectivity index (χ1n) is 8.20. The summed E-state index contributed by atoms with van der Waals surface area (Å²) in [7, 11) is 1.59. The Morgan fingerprint density at radius 2 is 1.96 bits per heavy atom. The Morgan fingerprint density at radius 1 is 1.19 bits per heavy atom. The van der Waals surface area contributed by atoms with Crippen molar-refractivity contribution in [1.82, 2.24) is 4.98 Å². The first-order chi connectivity index (χ1) is 12.6. The molecule has 0 spiro atoms. The number of aromatic carboxylic acids is 1. The molecule has 1 aromatic heterocycles. The maximum absolute atomic E-state index is 11.4. The quantitative estimate of drug-likeness (QED) is 0.656. The van der Waals surface area contributed by atoms with Gasteiger partial charge in [0, 0.05) is 6.07 Å². The van der Waals surface area contributed by atoms with Crippen LogP contribution in [-0.4, -0.2) is 23.2 Å². The Hall–Kier alpha value is -2.86. The summed E-state index contributed by atoms with van der Waals surface area (Å²) in [5, 5.41) is 10.0. The van der Waals surface area contributed by atoms with Crippen LogP contribution >= 0.6 is 11.3 Å². The third-order valence-electron chi connectivity index (χ3n) is 3.88. The fourth-order valence-corrected chi connectivity index (χ4v) is 3.56. The van der Waals surface area contributed by atoms with Crippen LogP contribution in [-0.2, 0) is 13.0 Å². The standard InChI is InChI=1S/C20H19NO4S/c1-3-16-18(20(22)23)26-19(21-16)15-10-9-14(24-2)11-17(15)25-12-13-7-5-4-6-8-13/h4-11H,3,12H2,1-2H3,(H,22,23). The predicted molar refractivity (Wildman–Crippen MR) is 101 cm³/mol. The second kappa shape index (κ2) is 8.01. The number of ether oxygens (including phenoxy) is 2. The minimum atomic E-state index is -0.953. The van der Waals surface area contributed by atoms with Crippen LogP contribution in [0.2, 0.25) is 0 Å². The third-order valence-corrected chi connectivity index (χ3v) is 5.00. The highest BCUT2D eigenvalue weighted by molar-refractivity contribution is 7.17. The number of carboxylic acids is 1. The van der Waals surface area contributed by atoms with E-state index in [1.807, 2.05) is 49.4 Å². The van der Waals surface area contributed by atoms with Crippen molar-refractivity contribution in [2.24, 2.45) is 0 Å². The lowest BCUT2D eigenvalue weighted by molar-refractivity contribution is 0.0701. The molecular weight excluding hydrogens is 350 g/mol. The van der Waals surface area contributed by atoms with Crippen LogP contribution in [0.4, 0.5) is 0 Å². The molecule has 26 heavy (non-hydrogen) atoms. The Balaban J connectivity index is 1.97. The van der Waals surface area contributed by atoms with Gasteiger partial charge in [0.15, 0.2) is 0 Å². The molecule has 0 radical (unpaired) electrons. The number of carbonyl (C=O) groups is 1. The summed E-state index contributed by atoms with van der Waals surface area (Å²) >= 11 is 1.16. The molecule has 0 unspecified atom stereocenters. The number of thiazole rings is 1. The predicted octanol–water partition coefficient (Wildman–Crippen LogP) is 4.66. The second-order valence-corrected chi connectivity index (χ2v) is 6.59. The molecule has 2 aromatic carbocycles. The number of methoxy groups -OCH3 is 1. The summed E-state index contributed by atoms with van der Waals surface area (Å²) in [6.45, 7) is 2.30. The zero-order valence-electron chi connectivity index (χ0n) is 14.6. The van der Waals surface area contributed by atoms with E-state index in [1.165, 1.54) is 0 Å². The number of aryl methyl sites for hydroxylation is 1. The normalized spacial score (nSPS) is 10.5. The van der Waals surface area contributed by atoms with E-state index in [9.17, 15) is 9.90 Å². The molecule has 6 heteroatoms. The summed E-state index contributed by atoms with van der Waals surface area (Å²) < 4.78 is 11.3. The molecule has 0 fully saturated rings. The molecule has 3 rings (SSSR count). The topological polar surface area (TPSA) is 68.7 Å². The van der Waals surface area contributed by atoms with Gasteiger partial charge in [-0.05, 0) is 24.1 Å². The van der Waals surface area contributed by atoms with Gasteiger partial charge in [-0.2, -0.15) is 0 Å². The maximum atomic E-state index is 11.4. The molecule has 3 aromatic rings. The molecule has 0 amide bonds. The van der Waals surface area contributed by atoms with E-state index in [1.54, 1.807) is 13.2 Å². The van der Waals surface area contributed by atoms with Gasteiger partial charge in [0.2, 0.25) is 0 Å². The molecule has 0 aliphatic rings. The number of hydrogen-bond donors (Lipinski definition) is 1. The summed E-state index contributed by atoms with van der Waals surface area (Å²) in [6.07, 6.45) is 0.564. The lowest BCUT2D eigenvalue weighted by Gasteiger charge is -2.12. The summed E-state index contributed by atoms with van der Waals surface area (Å²) in [6, 6.07) is 15.3. The highest BCUT2D eigenvalue weighted by Gasteiger charge is 2.19. The fourth-order valence-electron chi connectivity index (χ4n) is 2.53. The summed E-state index contributed by atoms with van der Waals surface area (Å²) in [5.74, 6) is 0.329. The smallest absolute Gasteiger partial charge is 0.347 e. The number of benzene rings is 2.